The lowest BCUT2D eigenvalue weighted by Gasteiger charge is -2.06. The Morgan fingerprint density at radius 3 is 1.90 bits per heavy atom. The molecule has 3 rings (SSSR count). The molecule has 0 aliphatic heterocycles. The Labute approximate surface area is 172 Å². The minimum absolute atomic E-state index is 0.216. The van der Waals surface area contributed by atoms with Crippen molar-refractivity contribution in [1.82, 2.24) is 0 Å². The first kappa shape index (κ1) is 20.8. The number of hydrogen-bond acceptors (Lipinski definition) is 7. The lowest BCUT2D eigenvalue weighted by molar-refractivity contribution is 0.0594. The van der Waals surface area contributed by atoms with Crippen LogP contribution < -0.4 is 0 Å². The first-order chi connectivity index (χ1) is 13.7. The van der Waals surface area contributed by atoms with Crippen molar-refractivity contribution in [2.24, 2.45) is 0 Å². The van der Waals surface area contributed by atoms with Crippen molar-refractivity contribution in [1.29, 1.82) is 0 Å². The number of hydrogen-bond donors (Lipinski definition) is 0. The number of esters is 2. The van der Waals surface area contributed by atoms with Gasteiger partial charge in [-0.25, -0.2) is 18.0 Å². The van der Waals surface area contributed by atoms with E-state index >= 15 is 0 Å². The van der Waals surface area contributed by atoms with Gasteiger partial charge < -0.3 is 9.47 Å². The van der Waals surface area contributed by atoms with Crippen LogP contribution in [0, 0.1) is 0 Å². The molecule has 0 saturated heterocycles. The monoisotopic (exact) mass is 430 g/mol. The van der Waals surface area contributed by atoms with E-state index in [1.165, 1.54) is 37.7 Å². The van der Waals surface area contributed by atoms with Crippen molar-refractivity contribution in [2.45, 2.75) is 4.90 Å². The molecule has 1 aromatic heterocycles. The second kappa shape index (κ2) is 8.18. The van der Waals surface area contributed by atoms with E-state index in [0.29, 0.717) is 10.4 Å². The van der Waals surface area contributed by atoms with Crippen LogP contribution in [-0.4, -0.2) is 40.8 Å². The lowest BCUT2D eigenvalue weighted by atomic mass is 10.0. The van der Waals surface area contributed by atoms with Gasteiger partial charge in [0, 0.05) is 16.7 Å². The normalized spacial score (nSPS) is 11.1. The van der Waals surface area contributed by atoms with Crippen LogP contribution in [0.3, 0.4) is 0 Å². The van der Waals surface area contributed by atoms with Gasteiger partial charge in [-0.2, -0.15) is 0 Å². The maximum atomic E-state index is 12.1. The molecule has 0 N–H and O–H groups in total. The van der Waals surface area contributed by atoms with E-state index in [1.54, 1.807) is 42.5 Å². The molecule has 8 heteroatoms. The molecule has 0 aliphatic carbocycles. The predicted octanol–water partition coefficient (Wildman–Crippen LogP) is 4.06. The first-order valence-corrected chi connectivity index (χ1v) is 11.2. The highest BCUT2D eigenvalue weighted by Gasteiger charge is 2.19. The van der Waals surface area contributed by atoms with Gasteiger partial charge >= 0.3 is 11.9 Å². The van der Waals surface area contributed by atoms with E-state index in [9.17, 15) is 18.0 Å². The van der Waals surface area contributed by atoms with Crippen molar-refractivity contribution in [3.8, 4) is 21.6 Å². The van der Waals surface area contributed by atoms with Crippen LogP contribution in [0.4, 0.5) is 0 Å². The summed E-state index contributed by atoms with van der Waals surface area (Å²) in [5.41, 5.74) is 2.75. The summed E-state index contributed by atoms with van der Waals surface area (Å²) < 4.78 is 33.0. The molecular weight excluding hydrogens is 412 g/mol. The maximum Gasteiger partial charge on any atom is 0.348 e. The summed E-state index contributed by atoms with van der Waals surface area (Å²) in [7, 11) is -0.678. The van der Waals surface area contributed by atoms with Crippen LogP contribution in [0.25, 0.3) is 21.6 Å². The molecule has 2 aromatic carbocycles. The van der Waals surface area contributed by atoms with Crippen LogP contribution >= 0.6 is 11.3 Å². The van der Waals surface area contributed by atoms with Gasteiger partial charge in [0.25, 0.3) is 0 Å². The van der Waals surface area contributed by atoms with Crippen LogP contribution in [0.15, 0.2) is 59.5 Å². The molecule has 0 bridgehead atoms. The summed E-state index contributed by atoms with van der Waals surface area (Å²) in [4.78, 5) is 25.2. The molecule has 0 amide bonds. The molecule has 150 valence electrons. The molecule has 1 heterocycles. The fraction of sp³-hybridized carbons (Fsp3) is 0.143. The number of ether oxygens (including phenoxy) is 2. The molecule has 3 aromatic rings. The van der Waals surface area contributed by atoms with Gasteiger partial charge in [-0.15, -0.1) is 11.3 Å². The summed E-state index contributed by atoms with van der Waals surface area (Å²) in [6, 6.07) is 15.0. The Hall–Kier alpha value is -2.97. The van der Waals surface area contributed by atoms with Crippen molar-refractivity contribution in [3.63, 3.8) is 0 Å². The van der Waals surface area contributed by atoms with E-state index in [1.807, 2.05) is 0 Å². The van der Waals surface area contributed by atoms with Crippen molar-refractivity contribution in [3.05, 3.63) is 65.0 Å². The highest BCUT2D eigenvalue weighted by molar-refractivity contribution is 7.90. The van der Waals surface area contributed by atoms with E-state index in [4.69, 9.17) is 9.47 Å². The summed E-state index contributed by atoms with van der Waals surface area (Å²) >= 11 is 1.26. The van der Waals surface area contributed by atoms with Gasteiger partial charge in [-0.1, -0.05) is 24.3 Å². The third-order valence-electron chi connectivity index (χ3n) is 4.28. The maximum absolute atomic E-state index is 12.1. The predicted molar refractivity (Wildman–Crippen MR) is 111 cm³/mol. The van der Waals surface area contributed by atoms with Crippen molar-refractivity contribution in [2.75, 3.05) is 20.5 Å². The lowest BCUT2D eigenvalue weighted by Crippen LogP contribution is -2.00. The average molecular weight is 431 g/mol. The smallest absolute Gasteiger partial charge is 0.348 e. The summed E-state index contributed by atoms with van der Waals surface area (Å²) in [5.74, 6) is -0.893. The molecule has 29 heavy (non-hydrogen) atoms. The minimum Gasteiger partial charge on any atom is -0.465 e. The molecule has 0 fully saturated rings. The molecule has 0 unspecified atom stereocenters. The largest absolute Gasteiger partial charge is 0.465 e. The molecule has 0 saturated carbocycles. The van der Waals surface area contributed by atoms with Gasteiger partial charge in [0.05, 0.1) is 24.7 Å². The molecule has 6 nitrogen and oxygen atoms in total. The summed E-state index contributed by atoms with van der Waals surface area (Å²) in [5, 5.41) is 0. The SMILES string of the molecule is COC(=O)c1ccc(-c2sc(C(=O)OC)cc2-c2ccc(S(C)(=O)=O)cc2)cc1. The first-order valence-electron chi connectivity index (χ1n) is 8.46. The Bertz CT molecular complexity index is 1160. The number of carbonyl (C=O) groups excluding carboxylic acids is 2. The Kier molecular flexibility index (Phi) is 5.86. The van der Waals surface area contributed by atoms with Crippen LogP contribution in [0.1, 0.15) is 20.0 Å². The van der Waals surface area contributed by atoms with Crippen LogP contribution in [0.2, 0.25) is 0 Å². The molecular formula is C21H18O6S2. The van der Waals surface area contributed by atoms with Gasteiger partial charge in [0.1, 0.15) is 4.88 Å². The average Bonchev–Trinajstić information content (AvgIpc) is 3.17. The van der Waals surface area contributed by atoms with E-state index in [-0.39, 0.29) is 4.90 Å². The Morgan fingerprint density at radius 2 is 1.38 bits per heavy atom. The van der Waals surface area contributed by atoms with Gasteiger partial charge in [-0.05, 0) is 41.5 Å². The zero-order valence-electron chi connectivity index (χ0n) is 16.0. The fourth-order valence-electron chi connectivity index (χ4n) is 2.78. The second-order valence-corrected chi connectivity index (χ2v) is 9.28. The molecule has 0 aliphatic rings. The number of carbonyl (C=O) groups is 2. The number of methoxy groups -OCH3 is 2. The van der Waals surface area contributed by atoms with Crippen LogP contribution in [-0.2, 0) is 19.3 Å². The zero-order chi connectivity index (χ0) is 21.2. The molecule has 0 radical (unpaired) electrons. The number of rotatable bonds is 5. The number of benzene rings is 2. The van der Waals surface area contributed by atoms with Gasteiger partial charge in [-0.3, -0.25) is 0 Å². The number of sulfone groups is 1. The third kappa shape index (κ3) is 4.38. The summed E-state index contributed by atoms with van der Waals surface area (Å²) in [6.45, 7) is 0. The Balaban J connectivity index is 2.10. The quantitative estimate of drug-likeness (QED) is 0.568. The topological polar surface area (TPSA) is 86.7 Å². The molecule has 0 atom stereocenters. The highest BCUT2D eigenvalue weighted by atomic mass is 32.2. The van der Waals surface area contributed by atoms with E-state index in [0.717, 1.165) is 27.8 Å². The standard InChI is InChI=1S/C21H18O6S2/c1-26-20(22)15-6-4-14(5-7-15)19-17(12-18(28-19)21(23)27-2)13-8-10-16(11-9-13)29(3,24)25/h4-12H,1-3H3. The van der Waals surface area contributed by atoms with E-state index < -0.39 is 21.8 Å². The van der Waals surface area contributed by atoms with Gasteiger partial charge in [0.2, 0.25) is 0 Å². The Morgan fingerprint density at radius 1 is 0.828 bits per heavy atom. The summed E-state index contributed by atoms with van der Waals surface area (Å²) in [6.07, 6.45) is 1.15. The van der Waals surface area contributed by atoms with Gasteiger partial charge in [0.15, 0.2) is 9.84 Å². The highest BCUT2D eigenvalue weighted by Crippen LogP contribution is 2.40. The zero-order valence-corrected chi connectivity index (χ0v) is 17.6. The van der Waals surface area contributed by atoms with Crippen molar-refractivity contribution >= 4 is 33.1 Å². The van der Waals surface area contributed by atoms with Crippen molar-refractivity contribution < 1.29 is 27.5 Å². The fourth-order valence-corrected chi connectivity index (χ4v) is 4.51. The molecule has 0 spiro atoms. The number of thiophene rings is 1. The third-order valence-corrected chi connectivity index (χ3v) is 6.57. The second-order valence-electron chi connectivity index (χ2n) is 6.21. The van der Waals surface area contributed by atoms with Crippen LogP contribution in [0.5, 0.6) is 0 Å². The minimum atomic E-state index is -3.31. The van der Waals surface area contributed by atoms with E-state index in [2.05, 4.69) is 0 Å².